The average molecular weight is 443 g/mol. The van der Waals surface area contributed by atoms with Crippen molar-refractivity contribution in [1.82, 2.24) is 20.2 Å². The van der Waals surface area contributed by atoms with Gasteiger partial charge in [-0.1, -0.05) is 30.3 Å². The fraction of sp³-hybridized carbons (Fsp3) is 0.333. The second kappa shape index (κ2) is 9.94. The number of amides is 2. The summed E-state index contributed by atoms with van der Waals surface area (Å²) in [5.41, 5.74) is 3.05. The van der Waals surface area contributed by atoms with Gasteiger partial charge in [-0.15, -0.1) is 0 Å². The van der Waals surface area contributed by atoms with Crippen molar-refractivity contribution >= 4 is 11.8 Å². The highest BCUT2D eigenvalue weighted by molar-refractivity contribution is 5.94. The Kier molecular flexibility index (Phi) is 6.82. The number of likely N-dealkylation sites (tertiary alicyclic amines) is 1. The zero-order valence-corrected chi connectivity index (χ0v) is 19.2. The van der Waals surface area contributed by atoms with Gasteiger partial charge < -0.3 is 10.2 Å². The minimum atomic E-state index is -0.687. The fourth-order valence-corrected chi connectivity index (χ4v) is 4.59. The molecule has 0 bridgehead atoms. The third-order valence-electron chi connectivity index (χ3n) is 6.14. The molecule has 170 valence electrons. The quantitative estimate of drug-likeness (QED) is 0.623. The minimum Gasteiger partial charge on any atom is -0.353 e. The Morgan fingerprint density at radius 2 is 1.79 bits per heavy atom. The van der Waals surface area contributed by atoms with Crippen LogP contribution in [0.2, 0.25) is 0 Å². The van der Waals surface area contributed by atoms with Crippen molar-refractivity contribution in [3.8, 4) is 11.1 Å². The van der Waals surface area contributed by atoms with E-state index in [1.165, 1.54) is 0 Å². The third-order valence-corrected chi connectivity index (χ3v) is 6.14. The van der Waals surface area contributed by atoms with Gasteiger partial charge in [-0.25, -0.2) is 0 Å². The number of carbonyl (C=O) groups excluding carboxylic acids is 2. The molecular weight excluding hydrogens is 412 g/mol. The molecule has 4 rings (SSSR count). The van der Waals surface area contributed by atoms with Crippen molar-refractivity contribution in [1.29, 1.82) is 0 Å². The summed E-state index contributed by atoms with van der Waals surface area (Å²) in [6.07, 6.45) is 8.92. The normalized spacial score (nSPS) is 18.2. The van der Waals surface area contributed by atoms with Gasteiger partial charge in [0, 0.05) is 43.9 Å². The van der Waals surface area contributed by atoms with E-state index in [-0.39, 0.29) is 17.9 Å². The van der Waals surface area contributed by atoms with E-state index in [1.54, 1.807) is 30.7 Å². The maximum Gasteiger partial charge on any atom is 0.255 e. The third kappa shape index (κ3) is 5.28. The zero-order valence-electron chi connectivity index (χ0n) is 19.2. The van der Waals surface area contributed by atoms with Crippen LogP contribution in [0.1, 0.15) is 42.6 Å². The molecule has 3 heterocycles. The molecule has 0 aliphatic carbocycles. The van der Waals surface area contributed by atoms with E-state index < -0.39 is 5.41 Å². The number of pyridine rings is 2. The minimum absolute atomic E-state index is 0.00738. The lowest BCUT2D eigenvalue weighted by Crippen LogP contribution is -2.55. The highest BCUT2D eigenvalue weighted by Gasteiger charge is 2.43. The van der Waals surface area contributed by atoms with Crippen LogP contribution < -0.4 is 5.32 Å². The molecule has 2 aromatic heterocycles. The van der Waals surface area contributed by atoms with E-state index in [9.17, 15) is 9.59 Å². The summed E-state index contributed by atoms with van der Waals surface area (Å²) in [4.78, 5) is 36.8. The molecule has 0 spiro atoms. The van der Waals surface area contributed by atoms with Gasteiger partial charge in [-0.2, -0.15) is 0 Å². The van der Waals surface area contributed by atoms with Crippen LogP contribution in [-0.2, 0) is 11.2 Å². The molecule has 1 aliphatic heterocycles. The van der Waals surface area contributed by atoms with Gasteiger partial charge in [0.2, 0.25) is 5.91 Å². The maximum atomic E-state index is 13.5. The topological polar surface area (TPSA) is 75.2 Å². The summed E-state index contributed by atoms with van der Waals surface area (Å²) in [6.45, 7) is 4.96. The summed E-state index contributed by atoms with van der Waals surface area (Å²) < 4.78 is 0. The number of aromatic nitrogens is 2. The van der Waals surface area contributed by atoms with Crippen LogP contribution in [-0.4, -0.2) is 45.8 Å². The van der Waals surface area contributed by atoms with Gasteiger partial charge in [0.25, 0.3) is 5.91 Å². The summed E-state index contributed by atoms with van der Waals surface area (Å²) >= 11 is 0. The van der Waals surface area contributed by atoms with Crippen molar-refractivity contribution in [2.24, 2.45) is 5.41 Å². The summed E-state index contributed by atoms with van der Waals surface area (Å²) in [6, 6.07) is 15.8. The molecule has 33 heavy (non-hydrogen) atoms. The van der Waals surface area contributed by atoms with Gasteiger partial charge in [-0.05, 0) is 68.0 Å². The SMILES string of the molecule is CC(C)NC(=O)C1(Cc2cccc(-c3cccnc3)c2)CCCN(C(=O)c2cccnc2)C1. The fourth-order valence-electron chi connectivity index (χ4n) is 4.59. The van der Waals surface area contributed by atoms with E-state index in [1.807, 2.05) is 43.1 Å². The molecule has 1 atom stereocenters. The number of rotatable bonds is 6. The Hall–Kier alpha value is -3.54. The number of piperidine rings is 1. The molecule has 2 amide bonds. The lowest BCUT2D eigenvalue weighted by Gasteiger charge is -2.42. The lowest BCUT2D eigenvalue weighted by atomic mass is 9.73. The summed E-state index contributed by atoms with van der Waals surface area (Å²) in [7, 11) is 0. The van der Waals surface area contributed by atoms with Gasteiger partial charge in [-0.3, -0.25) is 19.6 Å². The largest absolute Gasteiger partial charge is 0.353 e. The standard InChI is InChI=1S/C27H30N4O2/c1-20(2)30-26(33)27(11-6-14-31(19-27)25(32)24-10-5-13-29-18-24)16-21-7-3-8-22(15-21)23-9-4-12-28-17-23/h3-5,7-10,12-13,15,17-18,20H,6,11,14,16,19H2,1-2H3,(H,30,33). The second-order valence-corrected chi connectivity index (χ2v) is 9.10. The molecule has 1 aromatic carbocycles. The Labute approximate surface area is 195 Å². The van der Waals surface area contributed by atoms with Crippen LogP contribution >= 0.6 is 0 Å². The molecule has 0 saturated carbocycles. The summed E-state index contributed by atoms with van der Waals surface area (Å²) in [5, 5.41) is 3.12. The highest BCUT2D eigenvalue weighted by atomic mass is 16.2. The highest BCUT2D eigenvalue weighted by Crippen LogP contribution is 2.36. The van der Waals surface area contributed by atoms with Crippen molar-refractivity contribution < 1.29 is 9.59 Å². The van der Waals surface area contributed by atoms with Gasteiger partial charge in [0.05, 0.1) is 11.0 Å². The van der Waals surface area contributed by atoms with Crippen LogP contribution in [0.4, 0.5) is 0 Å². The molecule has 1 unspecified atom stereocenters. The molecule has 1 fully saturated rings. The molecule has 1 aliphatic rings. The number of nitrogens with one attached hydrogen (secondary N) is 1. The number of carbonyl (C=O) groups is 2. The molecule has 3 aromatic rings. The van der Waals surface area contributed by atoms with E-state index >= 15 is 0 Å². The lowest BCUT2D eigenvalue weighted by molar-refractivity contribution is -0.134. The van der Waals surface area contributed by atoms with E-state index in [0.29, 0.717) is 25.1 Å². The van der Waals surface area contributed by atoms with Crippen molar-refractivity contribution in [3.63, 3.8) is 0 Å². The maximum absolute atomic E-state index is 13.5. The van der Waals surface area contributed by atoms with Gasteiger partial charge in [0.15, 0.2) is 0 Å². The van der Waals surface area contributed by atoms with Crippen LogP contribution in [0.25, 0.3) is 11.1 Å². The Bertz CT molecular complexity index is 1100. The second-order valence-electron chi connectivity index (χ2n) is 9.10. The van der Waals surface area contributed by atoms with Crippen LogP contribution in [0.3, 0.4) is 0 Å². The molecule has 1 saturated heterocycles. The van der Waals surface area contributed by atoms with Crippen molar-refractivity contribution in [2.45, 2.75) is 39.2 Å². The van der Waals surface area contributed by atoms with Crippen LogP contribution in [0.5, 0.6) is 0 Å². The monoisotopic (exact) mass is 442 g/mol. The Morgan fingerprint density at radius 1 is 1.03 bits per heavy atom. The first kappa shape index (κ1) is 22.6. The Balaban J connectivity index is 1.64. The van der Waals surface area contributed by atoms with Crippen molar-refractivity contribution in [2.75, 3.05) is 13.1 Å². The van der Waals surface area contributed by atoms with Gasteiger partial charge >= 0.3 is 0 Å². The smallest absolute Gasteiger partial charge is 0.255 e. The van der Waals surface area contributed by atoms with E-state index in [0.717, 1.165) is 29.5 Å². The first-order valence-electron chi connectivity index (χ1n) is 11.5. The number of hydrogen-bond acceptors (Lipinski definition) is 4. The van der Waals surface area contributed by atoms with E-state index in [4.69, 9.17) is 0 Å². The summed E-state index contributed by atoms with van der Waals surface area (Å²) in [5.74, 6) is -0.0680. The Morgan fingerprint density at radius 3 is 2.48 bits per heavy atom. The van der Waals surface area contributed by atoms with Crippen LogP contribution in [0, 0.1) is 5.41 Å². The molecule has 1 N–H and O–H groups in total. The van der Waals surface area contributed by atoms with Crippen LogP contribution in [0.15, 0.2) is 73.3 Å². The predicted molar refractivity (Wildman–Crippen MR) is 128 cm³/mol. The number of hydrogen-bond donors (Lipinski definition) is 1. The molecule has 6 nitrogen and oxygen atoms in total. The van der Waals surface area contributed by atoms with E-state index in [2.05, 4.69) is 33.5 Å². The molecular formula is C27H30N4O2. The molecule has 6 heteroatoms. The number of benzene rings is 1. The predicted octanol–water partition coefficient (Wildman–Crippen LogP) is 4.13. The average Bonchev–Trinajstić information content (AvgIpc) is 2.84. The zero-order chi connectivity index (χ0) is 23.3. The first-order chi connectivity index (χ1) is 16.0. The van der Waals surface area contributed by atoms with Crippen molar-refractivity contribution in [3.05, 3.63) is 84.4 Å². The molecule has 0 radical (unpaired) electrons. The van der Waals surface area contributed by atoms with Gasteiger partial charge in [0.1, 0.15) is 0 Å². The first-order valence-corrected chi connectivity index (χ1v) is 11.5. The number of nitrogens with zero attached hydrogens (tertiary/aromatic N) is 3.